The maximum Gasteiger partial charge on any atom is 0.321 e. The Hall–Kier alpha value is -2.38. The van der Waals surface area contributed by atoms with E-state index in [0.29, 0.717) is 37.4 Å². The standard InChI is InChI=1S/C21H25N3O3S/c25-20(22-18-8-3-1-4-9-18)23-16-13-21(14-17-23)12-7-15-24(21)28(26,27)19-10-5-2-6-11-19/h1-6,8-11H,7,12-17H2,(H,22,25). The van der Waals surface area contributed by atoms with E-state index in [4.69, 9.17) is 0 Å². The minimum atomic E-state index is -3.52. The maximum atomic E-state index is 13.2. The van der Waals surface area contributed by atoms with E-state index in [1.165, 1.54) is 0 Å². The van der Waals surface area contributed by atoms with Crippen LogP contribution in [0.3, 0.4) is 0 Å². The van der Waals surface area contributed by atoms with Crippen LogP contribution in [0.2, 0.25) is 0 Å². The number of nitrogens with zero attached hydrogens (tertiary/aromatic N) is 2. The quantitative estimate of drug-likeness (QED) is 0.858. The Morgan fingerprint density at radius 3 is 2.11 bits per heavy atom. The topological polar surface area (TPSA) is 69.7 Å². The molecular formula is C21H25N3O3S. The van der Waals surface area contributed by atoms with Gasteiger partial charge in [0.15, 0.2) is 0 Å². The molecule has 7 heteroatoms. The van der Waals surface area contributed by atoms with Gasteiger partial charge in [0.25, 0.3) is 0 Å². The van der Waals surface area contributed by atoms with Gasteiger partial charge in [0.2, 0.25) is 10.0 Å². The molecule has 6 nitrogen and oxygen atoms in total. The highest BCUT2D eigenvalue weighted by molar-refractivity contribution is 7.89. The first-order valence-electron chi connectivity index (χ1n) is 9.70. The minimum absolute atomic E-state index is 0.128. The summed E-state index contributed by atoms with van der Waals surface area (Å²) in [7, 11) is -3.52. The monoisotopic (exact) mass is 399 g/mol. The van der Waals surface area contributed by atoms with Crippen LogP contribution in [0.25, 0.3) is 0 Å². The summed E-state index contributed by atoms with van der Waals surface area (Å²) in [6, 6.07) is 17.9. The van der Waals surface area contributed by atoms with Crippen LogP contribution in [-0.2, 0) is 10.0 Å². The number of piperidine rings is 1. The average Bonchev–Trinajstić information content (AvgIpc) is 3.14. The van der Waals surface area contributed by atoms with E-state index in [1.54, 1.807) is 33.5 Å². The van der Waals surface area contributed by atoms with Crippen LogP contribution in [0.1, 0.15) is 25.7 Å². The molecule has 0 radical (unpaired) electrons. The molecule has 148 valence electrons. The summed E-state index contributed by atoms with van der Waals surface area (Å²) in [6.45, 7) is 1.66. The minimum Gasteiger partial charge on any atom is -0.324 e. The molecule has 2 heterocycles. The molecule has 28 heavy (non-hydrogen) atoms. The summed E-state index contributed by atoms with van der Waals surface area (Å²) in [5, 5.41) is 2.91. The van der Waals surface area contributed by atoms with E-state index in [1.807, 2.05) is 36.4 Å². The van der Waals surface area contributed by atoms with Crippen LogP contribution in [0.4, 0.5) is 10.5 Å². The number of para-hydroxylation sites is 1. The highest BCUT2D eigenvalue weighted by Crippen LogP contribution is 2.41. The van der Waals surface area contributed by atoms with Gasteiger partial charge in [-0.25, -0.2) is 13.2 Å². The summed E-state index contributed by atoms with van der Waals surface area (Å²) < 4.78 is 28.1. The van der Waals surface area contributed by atoms with Gasteiger partial charge in [0.1, 0.15) is 0 Å². The molecule has 2 aromatic carbocycles. The van der Waals surface area contributed by atoms with Gasteiger partial charge < -0.3 is 10.2 Å². The van der Waals surface area contributed by atoms with Crippen LogP contribution in [0.15, 0.2) is 65.6 Å². The van der Waals surface area contributed by atoms with Crippen molar-refractivity contribution in [1.82, 2.24) is 9.21 Å². The Balaban J connectivity index is 1.46. The van der Waals surface area contributed by atoms with Crippen molar-refractivity contribution in [2.75, 3.05) is 25.0 Å². The number of hydrogen-bond acceptors (Lipinski definition) is 3. The van der Waals surface area contributed by atoms with Gasteiger partial charge in [-0.05, 0) is 49.9 Å². The third-order valence-electron chi connectivity index (χ3n) is 5.87. The average molecular weight is 400 g/mol. The molecule has 0 aromatic heterocycles. The molecule has 2 saturated heterocycles. The van der Waals surface area contributed by atoms with Crippen molar-refractivity contribution in [3.8, 4) is 0 Å². The summed E-state index contributed by atoms with van der Waals surface area (Å²) in [4.78, 5) is 14.7. The molecule has 4 rings (SSSR count). The molecule has 1 spiro atoms. The van der Waals surface area contributed by atoms with E-state index in [0.717, 1.165) is 18.5 Å². The highest BCUT2D eigenvalue weighted by Gasteiger charge is 2.49. The Bertz CT molecular complexity index is 924. The lowest BCUT2D eigenvalue weighted by Crippen LogP contribution is -2.55. The number of sulfonamides is 1. The number of nitrogens with one attached hydrogen (secondary N) is 1. The molecule has 2 aromatic rings. The number of likely N-dealkylation sites (tertiary alicyclic amines) is 1. The maximum absolute atomic E-state index is 13.2. The van der Waals surface area contributed by atoms with Crippen LogP contribution in [-0.4, -0.2) is 48.8 Å². The number of benzene rings is 2. The third kappa shape index (κ3) is 3.52. The summed E-state index contributed by atoms with van der Waals surface area (Å²) in [5.74, 6) is 0. The second-order valence-electron chi connectivity index (χ2n) is 7.50. The van der Waals surface area contributed by atoms with Gasteiger partial charge in [-0.1, -0.05) is 36.4 Å². The number of urea groups is 1. The van der Waals surface area contributed by atoms with Crippen molar-refractivity contribution < 1.29 is 13.2 Å². The fourth-order valence-corrected chi connectivity index (χ4v) is 6.27. The van der Waals surface area contributed by atoms with Crippen molar-refractivity contribution in [1.29, 1.82) is 0 Å². The number of carbonyl (C=O) groups excluding carboxylic acids is 1. The second-order valence-corrected chi connectivity index (χ2v) is 9.36. The molecule has 0 saturated carbocycles. The zero-order valence-electron chi connectivity index (χ0n) is 15.8. The predicted molar refractivity (Wildman–Crippen MR) is 109 cm³/mol. The van der Waals surface area contributed by atoms with Gasteiger partial charge in [0.05, 0.1) is 4.90 Å². The van der Waals surface area contributed by atoms with Gasteiger partial charge >= 0.3 is 6.03 Å². The number of rotatable bonds is 3. The smallest absolute Gasteiger partial charge is 0.321 e. The van der Waals surface area contributed by atoms with Gasteiger partial charge in [-0.3, -0.25) is 0 Å². The lowest BCUT2D eigenvalue weighted by atomic mass is 9.86. The van der Waals surface area contributed by atoms with Gasteiger partial charge in [0, 0.05) is 30.9 Å². The molecule has 2 aliphatic heterocycles. The number of hydrogen-bond donors (Lipinski definition) is 1. The SMILES string of the molecule is O=C(Nc1ccccc1)N1CCC2(CCCN2S(=O)(=O)c2ccccc2)CC1. The first kappa shape index (κ1) is 19.0. The lowest BCUT2D eigenvalue weighted by Gasteiger charge is -2.44. The number of anilines is 1. The van der Waals surface area contributed by atoms with Gasteiger partial charge in [-0.15, -0.1) is 0 Å². The van der Waals surface area contributed by atoms with Crippen LogP contribution in [0.5, 0.6) is 0 Å². The molecule has 2 amide bonds. The third-order valence-corrected chi connectivity index (χ3v) is 7.89. The zero-order chi connectivity index (χ0) is 19.6. The summed E-state index contributed by atoms with van der Waals surface area (Å²) in [5.41, 5.74) is 0.389. The Kier molecular flexibility index (Phi) is 5.12. The fourth-order valence-electron chi connectivity index (χ4n) is 4.36. The normalized spacial score (nSPS) is 19.6. The Morgan fingerprint density at radius 1 is 0.857 bits per heavy atom. The molecule has 0 aliphatic carbocycles. The predicted octanol–water partition coefficient (Wildman–Crippen LogP) is 3.54. The number of amides is 2. The van der Waals surface area contributed by atoms with Crippen molar-refractivity contribution >= 4 is 21.7 Å². The number of carbonyl (C=O) groups is 1. The molecule has 2 fully saturated rings. The van der Waals surface area contributed by atoms with Crippen LogP contribution < -0.4 is 5.32 Å². The van der Waals surface area contributed by atoms with E-state index < -0.39 is 10.0 Å². The van der Waals surface area contributed by atoms with E-state index in [2.05, 4.69) is 5.32 Å². The van der Waals surface area contributed by atoms with Crippen molar-refractivity contribution in [2.45, 2.75) is 36.1 Å². The Labute approximate surface area is 166 Å². The first-order chi connectivity index (χ1) is 13.5. The molecule has 0 atom stereocenters. The lowest BCUT2D eigenvalue weighted by molar-refractivity contribution is 0.119. The van der Waals surface area contributed by atoms with Gasteiger partial charge in [-0.2, -0.15) is 4.31 Å². The molecule has 0 bridgehead atoms. The van der Waals surface area contributed by atoms with E-state index >= 15 is 0 Å². The Morgan fingerprint density at radius 2 is 1.46 bits per heavy atom. The second kappa shape index (κ2) is 7.56. The van der Waals surface area contributed by atoms with Crippen molar-refractivity contribution in [2.24, 2.45) is 0 Å². The zero-order valence-corrected chi connectivity index (χ0v) is 16.6. The molecule has 2 aliphatic rings. The largest absolute Gasteiger partial charge is 0.324 e. The molecule has 1 N–H and O–H groups in total. The van der Waals surface area contributed by atoms with Crippen molar-refractivity contribution in [3.63, 3.8) is 0 Å². The first-order valence-corrected chi connectivity index (χ1v) is 11.1. The molecule has 0 unspecified atom stereocenters. The van der Waals surface area contributed by atoms with Crippen molar-refractivity contribution in [3.05, 3.63) is 60.7 Å². The van der Waals surface area contributed by atoms with Crippen LogP contribution >= 0.6 is 0 Å². The van der Waals surface area contributed by atoms with Crippen LogP contribution in [0, 0.1) is 0 Å². The summed E-state index contributed by atoms with van der Waals surface area (Å²) >= 11 is 0. The van der Waals surface area contributed by atoms with E-state index in [9.17, 15) is 13.2 Å². The van der Waals surface area contributed by atoms with E-state index in [-0.39, 0.29) is 11.6 Å². The summed E-state index contributed by atoms with van der Waals surface area (Å²) in [6.07, 6.45) is 3.05. The fraction of sp³-hybridized carbons (Fsp3) is 0.381. The highest BCUT2D eigenvalue weighted by atomic mass is 32.2. The molecular weight excluding hydrogens is 374 g/mol.